The first kappa shape index (κ1) is 25.1. The van der Waals surface area contributed by atoms with Crippen molar-refractivity contribution in [2.75, 3.05) is 45.2 Å². The van der Waals surface area contributed by atoms with E-state index in [1.165, 1.54) is 10.4 Å². The molecule has 10 nitrogen and oxygen atoms in total. The van der Waals surface area contributed by atoms with E-state index in [0.29, 0.717) is 49.4 Å². The topological polar surface area (TPSA) is 116 Å². The van der Waals surface area contributed by atoms with E-state index in [9.17, 15) is 8.42 Å². The molecule has 2 unspecified atom stereocenters. The van der Waals surface area contributed by atoms with Gasteiger partial charge in [0.25, 0.3) is 0 Å². The average Bonchev–Trinajstić information content (AvgIpc) is 3.35. The van der Waals surface area contributed by atoms with Crippen molar-refractivity contribution >= 4 is 33.3 Å². The van der Waals surface area contributed by atoms with Crippen molar-refractivity contribution in [2.24, 2.45) is 0 Å². The quantitative estimate of drug-likeness (QED) is 0.496. The Morgan fingerprint density at radius 2 is 1.97 bits per heavy atom. The molecule has 0 spiro atoms. The van der Waals surface area contributed by atoms with E-state index in [4.69, 9.17) is 16.3 Å². The predicted octanol–water partition coefficient (Wildman–Crippen LogP) is 3.48. The lowest BCUT2D eigenvalue weighted by atomic mass is 9.96. The van der Waals surface area contributed by atoms with E-state index in [0.717, 1.165) is 31.0 Å². The summed E-state index contributed by atoms with van der Waals surface area (Å²) in [5.74, 6) is 1.65. The fraction of sp³-hybridized carbons (Fsp3) is 0.458. The molecule has 1 aromatic carbocycles. The first-order valence-corrected chi connectivity index (χ1v) is 13.9. The Morgan fingerprint density at radius 3 is 2.72 bits per heavy atom. The number of halogens is 1. The number of hydrogen-bond donors (Lipinski definition) is 2. The smallest absolute Gasteiger partial charge is 0.244 e. The molecular formula is C24H30ClN7O3S. The number of benzene rings is 1. The summed E-state index contributed by atoms with van der Waals surface area (Å²) in [4.78, 5) is 19.1. The molecule has 2 fully saturated rings. The van der Waals surface area contributed by atoms with Crippen molar-refractivity contribution in [1.82, 2.24) is 29.1 Å². The van der Waals surface area contributed by atoms with Crippen LogP contribution >= 0.6 is 11.6 Å². The normalized spacial score (nSPS) is 22.0. The second kappa shape index (κ2) is 10.4. The third kappa shape index (κ3) is 5.40. The van der Waals surface area contributed by atoms with Gasteiger partial charge < -0.3 is 19.9 Å². The van der Waals surface area contributed by atoms with Gasteiger partial charge in [0.15, 0.2) is 0 Å². The third-order valence-corrected chi connectivity index (χ3v) is 9.05. The first-order chi connectivity index (χ1) is 17.3. The molecule has 0 saturated carbocycles. The largest absolute Gasteiger partial charge is 0.378 e. The van der Waals surface area contributed by atoms with Crippen LogP contribution in [0.25, 0.3) is 11.4 Å². The summed E-state index contributed by atoms with van der Waals surface area (Å²) < 4.78 is 33.3. The number of aromatic amines is 1. The number of nitrogens with zero attached hydrogens (tertiary/aromatic N) is 5. The summed E-state index contributed by atoms with van der Waals surface area (Å²) in [6.07, 6.45) is 5.55. The number of anilines is 2. The van der Waals surface area contributed by atoms with Crippen LogP contribution in [-0.2, 0) is 14.8 Å². The molecule has 0 bridgehead atoms. The van der Waals surface area contributed by atoms with Crippen LogP contribution in [0, 0.1) is 0 Å². The van der Waals surface area contributed by atoms with Crippen molar-refractivity contribution in [1.29, 1.82) is 0 Å². The first-order valence-electron chi connectivity index (χ1n) is 12.0. The van der Waals surface area contributed by atoms with Crippen molar-refractivity contribution < 1.29 is 13.2 Å². The number of ether oxygens (including phenoxy) is 1. The minimum Gasteiger partial charge on any atom is -0.378 e. The minimum atomic E-state index is -3.66. The Bertz CT molecular complexity index is 1320. The maximum Gasteiger partial charge on any atom is 0.244 e. The van der Waals surface area contributed by atoms with Crippen LogP contribution in [0.4, 0.5) is 11.6 Å². The molecule has 192 valence electrons. The minimum absolute atomic E-state index is 0.0985. The highest BCUT2D eigenvalue weighted by Gasteiger charge is 2.29. The number of hydrogen-bond acceptors (Lipinski definition) is 8. The van der Waals surface area contributed by atoms with Gasteiger partial charge in [0.2, 0.25) is 16.0 Å². The van der Waals surface area contributed by atoms with Gasteiger partial charge in [-0.2, -0.15) is 4.31 Å². The van der Waals surface area contributed by atoms with Gasteiger partial charge in [-0.1, -0.05) is 11.6 Å². The monoisotopic (exact) mass is 531 g/mol. The van der Waals surface area contributed by atoms with Crippen LogP contribution < -0.4 is 5.32 Å². The SMILES string of the molecule is CC1CC(c2ncc(-c3ccnc(Nc4ccc(S(=O)(=O)N5CCN(C)CC5)c(Cl)c4)n3)[nH]2)CCO1. The van der Waals surface area contributed by atoms with Gasteiger partial charge in [0, 0.05) is 50.6 Å². The van der Waals surface area contributed by atoms with E-state index in [1.54, 1.807) is 24.5 Å². The van der Waals surface area contributed by atoms with Gasteiger partial charge in [-0.3, -0.25) is 0 Å². The number of nitrogens with one attached hydrogen (secondary N) is 2. The van der Waals surface area contributed by atoms with E-state index < -0.39 is 10.0 Å². The molecule has 2 aromatic heterocycles. The molecule has 2 saturated heterocycles. The van der Waals surface area contributed by atoms with Gasteiger partial charge in [-0.15, -0.1) is 0 Å². The van der Waals surface area contributed by atoms with E-state index in [1.807, 2.05) is 13.1 Å². The third-order valence-electron chi connectivity index (χ3n) is 6.67. The maximum absolute atomic E-state index is 13.1. The van der Waals surface area contributed by atoms with Crippen LogP contribution in [0.1, 0.15) is 31.5 Å². The molecule has 0 aliphatic carbocycles. The fourth-order valence-electron chi connectivity index (χ4n) is 4.57. The Kier molecular flexibility index (Phi) is 7.27. The van der Waals surface area contributed by atoms with Crippen LogP contribution in [0.3, 0.4) is 0 Å². The highest BCUT2D eigenvalue weighted by molar-refractivity contribution is 7.89. The second-order valence-corrected chi connectivity index (χ2v) is 11.6. The van der Waals surface area contributed by atoms with Crippen LogP contribution in [0.5, 0.6) is 0 Å². The highest BCUT2D eigenvalue weighted by Crippen LogP contribution is 2.31. The number of imidazole rings is 1. The molecule has 0 amide bonds. The lowest BCUT2D eigenvalue weighted by molar-refractivity contribution is 0.0174. The molecule has 2 aliphatic heterocycles. The van der Waals surface area contributed by atoms with Gasteiger partial charge in [-0.25, -0.2) is 23.4 Å². The molecule has 2 N–H and O–H groups in total. The van der Waals surface area contributed by atoms with Crippen LogP contribution in [-0.4, -0.2) is 83.5 Å². The summed E-state index contributed by atoms with van der Waals surface area (Å²) in [5.41, 5.74) is 2.10. The van der Waals surface area contributed by atoms with Crippen molar-refractivity contribution in [2.45, 2.75) is 36.7 Å². The zero-order chi connectivity index (χ0) is 25.3. The van der Waals surface area contributed by atoms with E-state index >= 15 is 0 Å². The Balaban J connectivity index is 1.30. The second-order valence-electron chi connectivity index (χ2n) is 9.33. The van der Waals surface area contributed by atoms with Gasteiger partial charge in [-0.05, 0) is 51.1 Å². The Hall–Kier alpha value is -2.57. The number of piperazine rings is 1. The number of H-pyrrole nitrogens is 1. The number of sulfonamides is 1. The summed E-state index contributed by atoms with van der Waals surface area (Å²) in [6.45, 7) is 5.09. The number of rotatable bonds is 6. The zero-order valence-electron chi connectivity index (χ0n) is 20.3. The molecule has 36 heavy (non-hydrogen) atoms. The molecule has 5 rings (SSSR count). The van der Waals surface area contributed by atoms with Gasteiger partial charge >= 0.3 is 0 Å². The number of aromatic nitrogens is 4. The molecule has 3 aromatic rings. The standard InChI is InChI=1S/C24H30ClN7O3S/c1-16-13-17(6-12-35-16)23-27-15-21(29-23)20-5-7-26-24(30-20)28-18-3-4-22(19(25)14-18)36(33,34)32-10-8-31(2)9-11-32/h3-5,7,14-17H,6,8-13H2,1-2H3,(H,27,29)(H,26,28,30). The number of likely N-dealkylation sites (N-methyl/N-ethyl adjacent to an activating group) is 1. The lowest BCUT2D eigenvalue weighted by Crippen LogP contribution is -2.47. The van der Waals surface area contributed by atoms with Gasteiger partial charge in [0.05, 0.1) is 28.7 Å². The molecular weight excluding hydrogens is 502 g/mol. The van der Waals surface area contributed by atoms with E-state index in [2.05, 4.69) is 37.1 Å². The van der Waals surface area contributed by atoms with Crippen molar-refractivity contribution in [3.63, 3.8) is 0 Å². The highest BCUT2D eigenvalue weighted by atomic mass is 35.5. The summed E-state index contributed by atoms with van der Waals surface area (Å²) >= 11 is 6.42. The summed E-state index contributed by atoms with van der Waals surface area (Å²) in [5, 5.41) is 3.27. The summed E-state index contributed by atoms with van der Waals surface area (Å²) in [7, 11) is -1.68. The lowest BCUT2D eigenvalue weighted by Gasteiger charge is -2.31. The van der Waals surface area contributed by atoms with Crippen molar-refractivity contribution in [3.05, 3.63) is 47.5 Å². The molecule has 2 atom stereocenters. The predicted molar refractivity (Wildman–Crippen MR) is 138 cm³/mol. The van der Waals surface area contributed by atoms with E-state index in [-0.39, 0.29) is 16.0 Å². The molecule has 2 aliphatic rings. The average molecular weight is 532 g/mol. The van der Waals surface area contributed by atoms with Crippen LogP contribution in [0.15, 0.2) is 41.6 Å². The summed E-state index contributed by atoms with van der Waals surface area (Å²) in [6, 6.07) is 6.60. The Labute approximate surface area is 216 Å². The maximum atomic E-state index is 13.1. The fourth-order valence-corrected chi connectivity index (χ4v) is 6.51. The zero-order valence-corrected chi connectivity index (χ0v) is 21.9. The Morgan fingerprint density at radius 1 is 1.17 bits per heavy atom. The van der Waals surface area contributed by atoms with Gasteiger partial charge in [0.1, 0.15) is 10.7 Å². The van der Waals surface area contributed by atoms with Crippen LogP contribution in [0.2, 0.25) is 5.02 Å². The van der Waals surface area contributed by atoms with Crippen molar-refractivity contribution in [3.8, 4) is 11.4 Å². The molecule has 12 heteroatoms. The molecule has 4 heterocycles. The molecule has 0 radical (unpaired) electrons.